The van der Waals surface area contributed by atoms with E-state index < -0.39 is 16.1 Å². The second-order valence-electron chi connectivity index (χ2n) is 9.62. The number of hydrogen-bond donors (Lipinski definition) is 1. The molecule has 9 nitrogen and oxygen atoms in total. The summed E-state index contributed by atoms with van der Waals surface area (Å²) >= 11 is 2.96. The lowest BCUT2D eigenvalue weighted by molar-refractivity contribution is 0.102. The number of para-hydroxylation sites is 2. The van der Waals surface area contributed by atoms with Crippen molar-refractivity contribution in [1.82, 2.24) is 9.88 Å². The van der Waals surface area contributed by atoms with Gasteiger partial charge in [0.15, 0.2) is 0 Å². The van der Waals surface area contributed by atoms with E-state index in [-0.39, 0.29) is 10.8 Å². The van der Waals surface area contributed by atoms with Crippen LogP contribution in [0.2, 0.25) is 0 Å². The summed E-state index contributed by atoms with van der Waals surface area (Å²) in [5.74, 6) is -0.374. The quantitative estimate of drug-likeness (QED) is 0.242. The predicted octanol–water partition coefficient (Wildman–Crippen LogP) is 6.23. The van der Waals surface area contributed by atoms with Gasteiger partial charge in [0.2, 0.25) is 0 Å². The third-order valence-corrected chi connectivity index (χ3v) is 11.1. The topological polar surface area (TPSA) is 109 Å². The van der Waals surface area contributed by atoms with Gasteiger partial charge in [-0.15, -0.1) is 22.7 Å². The number of ether oxygens (including phenoxy) is 1. The molecule has 0 atom stereocenters. The molecule has 0 unspecified atom stereocenters. The molecule has 0 radical (unpaired) electrons. The molecule has 42 heavy (non-hydrogen) atoms. The molecule has 0 saturated heterocycles. The summed E-state index contributed by atoms with van der Waals surface area (Å²) in [5.41, 5.74) is 3.64. The molecule has 0 fully saturated rings. The molecule has 214 valence electrons. The number of rotatable bonds is 6. The van der Waals surface area contributed by atoms with Crippen molar-refractivity contribution in [1.29, 1.82) is 0 Å². The van der Waals surface area contributed by atoms with E-state index in [4.69, 9.17) is 9.72 Å². The van der Waals surface area contributed by atoms with Crippen LogP contribution in [0.15, 0.2) is 83.8 Å². The second kappa shape index (κ2) is 11.2. The van der Waals surface area contributed by atoms with Crippen LogP contribution in [0.4, 0.5) is 15.5 Å². The van der Waals surface area contributed by atoms with E-state index in [0.717, 1.165) is 31.2 Å². The minimum Gasteiger partial charge on any atom is -0.453 e. The SMILES string of the molecule is COC(=O)N1CCc2c(sc(NC(=O)c3ccc(S(=O)(=O)N(C)c4ccccc4)cc3)c2-c2nc3ccccc3s2)C1. The molecule has 1 N–H and O–H groups in total. The van der Waals surface area contributed by atoms with Crippen LogP contribution in [0.1, 0.15) is 20.8 Å². The van der Waals surface area contributed by atoms with Crippen LogP contribution >= 0.6 is 22.7 Å². The molecule has 3 heterocycles. The molecule has 2 aromatic heterocycles. The smallest absolute Gasteiger partial charge is 0.409 e. The summed E-state index contributed by atoms with van der Waals surface area (Å²) in [5, 5.41) is 4.47. The van der Waals surface area contributed by atoms with E-state index >= 15 is 0 Å². The molecule has 0 aliphatic carbocycles. The van der Waals surface area contributed by atoms with Gasteiger partial charge in [-0.3, -0.25) is 9.10 Å². The Bertz CT molecular complexity index is 1870. The molecule has 5 aromatic rings. The molecule has 0 spiro atoms. The second-order valence-corrected chi connectivity index (χ2v) is 13.7. The minimum atomic E-state index is -3.81. The fourth-order valence-electron chi connectivity index (χ4n) is 4.87. The number of anilines is 2. The van der Waals surface area contributed by atoms with Gasteiger partial charge in [0.1, 0.15) is 10.0 Å². The lowest BCUT2D eigenvalue weighted by Crippen LogP contribution is -2.35. The zero-order chi connectivity index (χ0) is 29.4. The summed E-state index contributed by atoms with van der Waals surface area (Å²) in [6, 6.07) is 22.5. The Kier molecular flexibility index (Phi) is 7.43. The summed E-state index contributed by atoms with van der Waals surface area (Å²) < 4.78 is 33.5. The molecule has 12 heteroatoms. The highest BCUT2D eigenvalue weighted by molar-refractivity contribution is 7.92. The normalized spacial score (nSPS) is 13.0. The average Bonchev–Trinajstić information content (AvgIpc) is 3.60. The van der Waals surface area contributed by atoms with Crippen molar-refractivity contribution in [3.8, 4) is 10.6 Å². The van der Waals surface area contributed by atoms with E-state index in [1.165, 1.54) is 54.1 Å². The molecule has 0 bridgehead atoms. The molecule has 3 aromatic carbocycles. The zero-order valence-corrected chi connectivity index (χ0v) is 25.2. The molecule has 6 rings (SSSR count). The Morgan fingerprint density at radius 1 is 0.976 bits per heavy atom. The van der Waals surface area contributed by atoms with E-state index in [1.807, 2.05) is 30.3 Å². The van der Waals surface area contributed by atoms with Gasteiger partial charge in [-0.1, -0.05) is 30.3 Å². The van der Waals surface area contributed by atoms with E-state index in [1.54, 1.807) is 40.5 Å². The highest BCUT2D eigenvalue weighted by Gasteiger charge is 2.30. The summed E-state index contributed by atoms with van der Waals surface area (Å²) in [6.07, 6.45) is 0.206. The molecule has 2 amide bonds. The number of benzene rings is 3. The molecule has 1 aliphatic heterocycles. The number of methoxy groups -OCH3 is 1. The third kappa shape index (κ3) is 5.13. The first-order valence-electron chi connectivity index (χ1n) is 13.0. The van der Waals surface area contributed by atoms with E-state index in [9.17, 15) is 18.0 Å². The molecular weight excluding hydrogens is 593 g/mol. The maximum Gasteiger partial charge on any atom is 0.409 e. The number of thiophene rings is 1. The molecule has 0 saturated carbocycles. The summed E-state index contributed by atoms with van der Waals surface area (Å²) in [7, 11) is -0.955. The van der Waals surface area contributed by atoms with E-state index in [2.05, 4.69) is 5.32 Å². The first-order valence-corrected chi connectivity index (χ1v) is 16.1. The number of fused-ring (bicyclic) bond motifs is 2. The Labute approximate surface area is 251 Å². The number of carbonyl (C=O) groups excluding carboxylic acids is 2. The highest BCUT2D eigenvalue weighted by atomic mass is 32.2. The van der Waals surface area contributed by atoms with Crippen LogP contribution in [0, 0.1) is 0 Å². The van der Waals surface area contributed by atoms with Gasteiger partial charge in [0, 0.05) is 29.6 Å². The number of sulfonamides is 1. The van der Waals surface area contributed by atoms with Crippen LogP contribution in [-0.2, 0) is 27.7 Å². The van der Waals surface area contributed by atoms with Crippen molar-refractivity contribution in [2.75, 3.05) is 30.3 Å². The van der Waals surface area contributed by atoms with Gasteiger partial charge in [0.25, 0.3) is 15.9 Å². The number of nitrogens with one attached hydrogen (secondary N) is 1. The van der Waals surface area contributed by atoms with Crippen LogP contribution < -0.4 is 9.62 Å². The van der Waals surface area contributed by atoms with Crippen molar-refractivity contribution < 1.29 is 22.7 Å². The summed E-state index contributed by atoms with van der Waals surface area (Å²) in [6.45, 7) is 0.872. The van der Waals surface area contributed by atoms with Gasteiger partial charge in [-0.25, -0.2) is 18.2 Å². The van der Waals surface area contributed by atoms with Gasteiger partial charge in [0.05, 0.1) is 34.5 Å². The van der Waals surface area contributed by atoms with Crippen LogP contribution in [0.5, 0.6) is 0 Å². The van der Waals surface area contributed by atoms with Gasteiger partial charge in [-0.05, 0) is 60.5 Å². The van der Waals surface area contributed by atoms with Crippen LogP contribution in [0.3, 0.4) is 0 Å². The Morgan fingerprint density at radius 2 is 1.69 bits per heavy atom. The van der Waals surface area contributed by atoms with Crippen molar-refractivity contribution in [2.24, 2.45) is 0 Å². The van der Waals surface area contributed by atoms with Crippen molar-refractivity contribution in [2.45, 2.75) is 17.9 Å². The average molecular weight is 619 g/mol. The largest absolute Gasteiger partial charge is 0.453 e. The number of nitrogens with zero attached hydrogens (tertiary/aromatic N) is 3. The lowest BCUT2D eigenvalue weighted by atomic mass is 10.0. The van der Waals surface area contributed by atoms with Crippen LogP contribution in [0.25, 0.3) is 20.8 Å². The monoisotopic (exact) mass is 618 g/mol. The first kappa shape index (κ1) is 27.9. The highest BCUT2D eigenvalue weighted by Crippen LogP contribution is 2.46. The third-order valence-electron chi connectivity index (χ3n) is 7.12. The molecular formula is C30H26N4O5S3. The van der Waals surface area contributed by atoms with Crippen molar-refractivity contribution >= 4 is 65.6 Å². The van der Waals surface area contributed by atoms with Crippen molar-refractivity contribution in [3.05, 3.63) is 94.9 Å². The fraction of sp³-hybridized carbons (Fsp3) is 0.167. The Balaban J connectivity index is 1.31. The zero-order valence-electron chi connectivity index (χ0n) is 22.7. The van der Waals surface area contributed by atoms with E-state index in [0.29, 0.717) is 35.8 Å². The number of thiazole rings is 1. The predicted molar refractivity (Wildman–Crippen MR) is 166 cm³/mol. The van der Waals surface area contributed by atoms with Crippen LogP contribution in [-0.4, -0.2) is 51.0 Å². The lowest BCUT2D eigenvalue weighted by Gasteiger charge is -2.25. The maximum atomic E-state index is 13.5. The van der Waals surface area contributed by atoms with Crippen molar-refractivity contribution in [3.63, 3.8) is 0 Å². The maximum absolute atomic E-state index is 13.5. The number of hydrogen-bond acceptors (Lipinski definition) is 8. The van der Waals surface area contributed by atoms with Gasteiger partial charge >= 0.3 is 6.09 Å². The number of carbonyl (C=O) groups is 2. The summed E-state index contributed by atoms with van der Waals surface area (Å²) in [4.78, 5) is 33.2. The fourth-order valence-corrected chi connectivity index (χ4v) is 8.43. The number of amides is 2. The minimum absolute atomic E-state index is 0.0788. The van der Waals surface area contributed by atoms with Gasteiger partial charge < -0.3 is 15.0 Å². The van der Waals surface area contributed by atoms with Gasteiger partial charge in [-0.2, -0.15) is 0 Å². The first-order chi connectivity index (χ1) is 20.3. The Morgan fingerprint density at radius 3 is 2.40 bits per heavy atom. The number of aromatic nitrogens is 1. The standard InChI is InChI=1S/C30H26N4O5S3/c1-33(20-8-4-3-5-9-20)42(37,38)21-14-12-19(13-15-21)27(35)32-29-26(28-31-23-10-6-7-11-24(23)40-28)22-16-17-34(30(36)39-2)18-25(22)41-29/h3-15H,16-18H2,1-2H3,(H,32,35). The Hall–Kier alpha value is -4.26. The molecule has 1 aliphatic rings.